The Morgan fingerprint density at radius 3 is 2.79 bits per heavy atom. The van der Waals surface area contributed by atoms with Crippen LogP contribution in [-0.2, 0) is 11.3 Å². The average molecular weight is 458 g/mol. The fraction of sp³-hybridized carbons (Fsp3) is 0.320. The van der Waals surface area contributed by atoms with Crippen LogP contribution in [-0.4, -0.2) is 37.7 Å². The fourth-order valence-corrected chi connectivity index (χ4v) is 4.49. The van der Waals surface area contributed by atoms with E-state index in [0.29, 0.717) is 34.8 Å². The third kappa shape index (κ3) is 4.54. The minimum atomic E-state index is -0.188. The highest BCUT2D eigenvalue weighted by atomic mass is 16.5. The summed E-state index contributed by atoms with van der Waals surface area (Å²) in [6.45, 7) is 2.35. The molecule has 9 heteroatoms. The van der Waals surface area contributed by atoms with E-state index in [1.165, 1.54) is 32.6 Å². The summed E-state index contributed by atoms with van der Waals surface area (Å²) in [5.74, 6) is 2.43. The molecule has 1 aliphatic carbocycles. The first-order valence-electron chi connectivity index (χ1n) is 11.5. The lowest BCUT2D eigenvalue weighted by Gasteiger charge is -2.12. The third-order valence-electron chi connectivity index (χ3n) is 6.08. The number of nitrogens with zero attached hydrogens (tertiary/aromatic N) is 5. The van der Waals surface area contributed by atoms with Crippen molar-refractivity contribution in [3.63, 3.8) is 0 Å². The number of methoxy groups -OCH3 is 1. The summed E-state index contributed by atoms with van der Waals surface area (Å²) in [4.78, 5) is 24.9. The topological polar surface area (TPSA) is 107 Å². The number of pyridine rings is 1. The van der Waals surface area contributed by atoms with Gasteiger partial charge in [-0.05, 0) is 30.9 Å². The van der Waals surface area contributed by atoms with E-state index in [1.54, 1.807) is 31.6 Å². The molecule has 0 unspecified atom stereocenters. The first kappa shape index (κ1) is 21.8. The first-order chi connectivity index (χ1) is 16.6. The second kappa shape index (κ2) is 9.46. The Labute approximate surface area is 197 Å². The van der Waals surface area contributed by atoms with Gasteiger partial charge in [0.2, 0.25) is 5.91 Å². The van der Waals surface area contributed by atoms with Gasteiger partial charge in [0.25, 0.3) is 0 Å². The van der Waals surface area contributed by atoms with Crippen LogP contribution in [0.25, 0.3) is 22.4 Å². The molecule has 0 radical (unpaired) electrons. The van der Waals surface area contributed by atoms with Gasteiger partial charge in [-0.2, -0.15) is 5.10 Å². The van der Waals surface area contributed by atoms with Gasteiger partial charge in [0, 0.05) is 36.8 Å². The molecular formula is C25H27N7O2. The third-order valence-corrected chi connectivity index (χ3v) is 6.08. The van der Waals surface area contributed by atoms with Crippen LogP contribution in [0, 0.1) is 5.92 Å². The molecule has 5 rings (SSSR count). The van der Waals surface area contributed by atoms with Gasteiger partial charge in [-0.1, -0.05) is 31.0 Å². The second-order valence-corrected chi connectivity index (χ2v) is 8.54. The maximum Gasteiger partial charge on any atom is 0.222 e. The number of amides is 1. The van der Waals surface area contributed by atoms with Gasteiger partial charge < -0.3 is 15.4 Å². The van der Waals surface area contributed by atoms with Crippen LogP contribution in [0.15, 0.2) is 48.8 Å². The van der Waals surface area contributed by atoms with Gasteiger partial charge in [-0.25, -0.2) is 15.0 Å². The molecule has 2 N–H and O–H groups in total. The number of fused-ring (bicyclic) bond motifs is 1. The minimum absolute atomic E-state index is 0.188. The zero-order chi connectivity index (χ0) is 23.5. The van der Waals surface area contributed by atoms with E-state index in [2.05, 4.69) is 37.4 Å². The van der Waals surface area contributed by atoms with E-state index in [1.807, 2.05) is 12.1 Å². The average Bonchev–Trinajstić information content (AvgIpc) is 3.47. The number of hydrogen-bond donors (Lipinski definition) is 2. The lowest BCUT2D eigenvalue weighted by molar-refractivity contribution is -0.114. The van der Waals surface area contributed by atoms with Crippen LogP contribution in [0.2, 0.25) is 0 Å². The van der Waals surface area contributed by atoms with Crippen LogP contribution in [0.1, 0.15) is 32.6 Å². The Kier molecular flexibility index (Phi) is 6.07. The highest BCUT2D eigenvalue weighted by Crippen LogP contribution is 2.33. The monoisotopic (exact) mass is 457 g/mol. The van der Waals surface area contributed by atoms with Gasteiger partial charge >= 0.3 is 0 Å². The SMILES string of the molecule is COc1cnc(-c2nn(CC3CCCC3)c3ccccc23)nc1Nc1ccnc(NC(C)=O)c1. The number of ether oxygens (including phenoxy) is 1. The Bertz CT molecular complexity index is 1330. The number of nitrogens with one attached hydrogen (secondary N) is 2. The number of para-hydroxylation sites is 1. The summed E-state index contributed by atoms with van der Waals surface area (Å²) in [7, 11) is 1.57. The summed E-state index contributed by atoms with van der Waals surface area (Å²) in [5.41, 5.74) is 2.54. The molecule has 3 aromatic heterocycles. The summed E-state index contributed by atoms with van der Waals surface area (Å²) >= 11 is 0. The van der Waals surface area contributed by atoms with E-state index in [0.717, 1.165) is 23.1 Å². The fourth-order valence-electron chi connectivity index (χ4n) is 4.49. The largest absolute Gasteiger partial charge is 0.491 e. The molecule has 1 amide bonds. The molecule has 0 saturated heterocycles. The van der Waals surface area contributed by atoms with Crippen molar-refractivity contribution in [2.24, 2.45) is 5.92 Å². The number of carbonyl (C=O) groups is 1. The van der Waals surface area contributed by atoms with Gasteiger partial charge in [-0.15, -0.1) is 0 Å². The van der Waals surface area contributed by atoms with Gasteiger partial charge in [0.1, 0.15) is 11.5 Å². The minimum Gasteiger partial charge on any atom is -0.491 e. The molecule has 174 valence electrons. The van der Waals surface area contributed by atoms with Crippen LogP contribution in [0.5, 0.6) is 5.75 Å². The highest BCUT2D eigenvalue weighted by Gasteiger charge is 2.21. The molecule has 3 heterocycles. The Balaban J connectivity index is 1.51. The number of benzene rings is 1. The van der Waals surface area contributed by atoms with E-state index in [-0.39, 0.29) is 5.91 Å². The van der Waals surface area contributed by atoms with Crippen molar-refractivity contribution < 1.29 is 9.53 Å². The summed E-state index contributed by atoms with van der Waals surface area (Å²) in [6, 6.07) is 11.7. The predicted octanol–water partition coefficient (Wildman–Crippen LogP) is 4.79. The van der Waals surface area contributed by atoms with Crippen molar-refractivity contribution in [3.05, 3.63) is 48.8 Å². The molecule has 1 aliphatic rings. The van der Waals surface area contributed by atoms with E-state index < -0.39 is 0 Å². The molecule has 1 aromatic carbocycles. The molecule has 4 aromatic rings. The van der Waals surface area contributed by atoms with Gasteiger partial charge in [-0.3, -0.25) is 9.48 Å². The first-order valence-corrected chi connectivity index (χ1v) is 11.5. The molecule has 9 nitrogen and oxygen atoms in total. The number of hydrogen-bond acceptors (Lipinski definition) is 7. The Hall–Kier alpha value is -4.01. The summed E-state index contributed by atoms with van der Waals surface area (Å²) < 4.78 is 7.59. The van der Waals surface area contributed by atoms with Crippen LogP contribution in [0.4, 0.5) is 17.3 Å². The quantitative estimate of drug-likeness (QED) is 0.411. The van der Waals surface area contributed by atoms with Gasteiger partial charge in [0.15, 0.2) is 17.4 Å². The standard InChI is InChI=1S/C25H27N7O2/c1-16(33)28-22-13-18(11-12-26-22)29-24-21(34-2)14-27-25(30-24)23-19-9-5-6-10-20(19)32(31-23)15-17-7-3-4-8-17/h5-6,9-14,17H,3-4,7-8,15H2,1-2H3,(H2,26,27,28,29,30,33). The maximum absolute atomic E-state index is 11.4. The van der Waals surface area contributed by atoms with Crippen molar-refractivity contribution in [1.82, 2.24) is 24.7 Å². The molecule has 0 atom stereocenters. The van der Waals surface area contributed by atoms with Crippen LogP contribution < -0.4 is 15.4 Å². The zero-order valence-corrected chi connectivity index (χ0v) is 19.3. The van der Waals surface area contributed by atoms with Crippen LogP contribution in [0.3, 0.4) is 0 Å². The number of carbonyl (C=O) groups excluding carboxylic acids is 1. The van der Waals surface area contributed by atoms with E-state index in [9.17, 15) is 4.79 Å². The summed E-state index contributed by atoms with van der Waals surface area (Å²) in [5, 5.41) is 11.9. The lowest BCUT2D eigenvalue weighted by atomic mass is 10.1. The molecule has 0 aliphatic heterocycles. The van der Waals surface area contributed by atoms with E-state index in [4.69, 9.17) is 14.8 Å². The van der Waals surface area contributed by atoms with Crippen molar-refractivity contribution in [2.45, 2.75) is 39.2 Å². The number of anilines is 3. The van der Waals surface area contributed by atoms with Crippen molar-refractivity contribution >= 4 is 34.1 Å². The Morgan fingerprint density at radius 2 is 2.00 bits per heavy atom. The van der Waals surface area contributed by atoms with Gasteiger partial charge in [0.05, 0.1) is 18.8 Å². The molecule has 1 saturated carbocycles. The molecule has 0 bridgehead atoms. The molecule has 0 spiro atoms. The molecule has 1 fully saturated rings. The highest BCUT2D eigenvalue weighted by molar-refractivity contribution is 5.92. The normalized spacial score (nSPS) is 13.8. The predicted molar refractivity (Wildman–Crippen MR) is 131 cm³/mol. The van der Waals surface area contributed by atoms with Crippen LogP contribution >= 0.6 is 0 Å². The van der Waals surface area contributed by atoms with E-state index >= 15 is 0 Å². The summed E-state index contributed by atoms with van der Waals surface area (Å²) in [6.07, 6.45) is 8.36. The zero-order valence-electron chi connectivity index (χ0n) is 19.3. The van der Waals surface area contributed by atoms with Crippen molar-refractivity contribution in [1.29, 1.82) is 0 Å². The maximum atomic E-state index is 11.4. The smallest absolute Gasteiger partial charge is 0.222 e. The lowest BCUT2D eigenvalue weighted by Crippen LogP contribution is -2.09. The second-order valence-electron chi connectivity index (χ2n) is 8.54. The number of rotatable bonds is 7. The molecule has 34 heavy (non-hydrogen) atoms. The van der Waals surface area contributed by atoms with Crippen molar-refractivity contribution in [3.8, 4) is 17.3 Å². The molecular weight excluding hydrogens is 430 g/mol. The van der Waals surface area contributed by atoms with Crippen molar-refractivity contribution in [2.75, 3.05) is 17.7 Å². The number of aromatic nitrogens is 5. The Morgan fingerprint density at radius 1 is 1.18 bits per heavy atom.